The predicted octanol–water partition coefficient (Wildman–Crippen LogP) is 1.43. The van der Waals surface area contributed by atoms with Gasteiger partial charge in [0.1, 0.15) is 0 Å². The Morgan fingerprint density at radius 3 is 2.56 bits per heavy atom. The molecule has 0 amide bonds. The maximum absolute atomic E-state index is 5.55. The van der Waals surface area contributed by atoms with Crippen LogP contribution in [0.25, 0.3) is 0 Å². The molecule has 3 N–H and O–H groups in total. The molecule has 16 heavy (non-hydrogen) atoms. The summed E-state index contributed by atoms with van der Waals surface area (Å²) >= 11 is 2.04. The summed E-state index contributed by atoms with van der Waals surface area (Å²) < 4.78 is 0. The van der Waals surface area contributed by atoms with Gasteiger partial charge in [-0.3, -0.25) is 10.4 Å². The number of guanidine groups is 1. The molecule has 0 spiro atoms. The number of rotatable bonds is 3. The van der Waals surface area contributed by atoms with E-state index in [1.54, 1.807) is 0 Å². The topological polar surface area (TPSA) is 53.6 Å². The summed E-state index contributed by atoms with van der Waals surface area (Å²) in [4.78, 5) is 6.79. The first-order chi connectivity index (χ1) is 7.67. The van der Waals surface area contributed by atoms with Gasteiger partial charge in [0.25, 0.3) is 0 Å². The fourth-order valence-electron chi connectivity index (χ4n) is 1.93. The summed E-state index contributed by atoms with van der Waals surface area (Å²) in [6.07, 6.45) is 2.29. The summed E-state index contributed by atoms with van der Waals surface area (Å²) in [5, 5.41) is 1.29. The van der Waals surface area contributed by atoms with Crippen LogP contribution in [0.4, 0.5) is 0 Å². The zero-order chi connectivity index (χ0) is 12.0. The van der Waals surface area contributed by atoms with E-state index in [1.807, 2.05) is 11.8 Å². The number of nitrogens with two attached hydrogens (primary N) is 1. The molecule has 1 saturated heterocycles. The van der Waals surface area contributed by atoms with E-state index in [9.17, 15) is 0 Å². The Hall–Kier alpha value is -0.420. The number of hydrogen-bond donors (Lipinski definition) is 2. The predicted molar refractivity (Wildman–Crippen MR) is 72.6 cm³/mol. The van der Waals surface area contributed by atoms with E-state index >= 15 is 0 Å². The molecule has 0 aromatic carbocycles. The minimum Gasteiger partial charge on any atom is -0.340 e. The van der Waals surface area contributed by atoms with Crippen LogP contribution < -0.4 is 11.3 Å². The molecule has 2 atom stereocenters. The van der Waals surface area contributed by atoms with Crippen LogP contribution in [0.5, 0.6) is 0 Å². The Bertz CT molecular complexity index is 222. The van der Waals surface area contributed by atoms with E-state index < -0.39 is 0 Å². The van der Waals surface area contributed by atoms with Gasteiger partial charge in [0.05, 0.1) is 0 Å². The van der Waals surface area contributed by atoms with E-state index in [0.717, 1.165) is 32.0 Å². The van der Waals surface area contributed by atoms with Gasteiger partial charge in [-0.25, -0.2) is 5.84 Å². The zero-order valence-corrected chi connectivity index (χ0v) is 11.4. The number of hydrogen-bond acceptors (Lipinski definition) is 3. The highest BCUT2D eigenvalue weighted by atomic mass is 32.2. The summed E-state index contributed by atoms with van der Waals surface area (Å²) in [5.74, 6) is 6.40. The maximum atomic E-state index is 5.55. The van der Waals surface area contributed by atoms with Gasteiger partial charge in [0, 0.05) is 30.1 Å². The molecule has 1 aliphatic rings. The van der Waals surface area contributed by atoms with Crippen LogP contribution in [0.15, 0.2) is 4.99 Å². The third-order valence-electron chi connectivity index (χ3n) is 2.62. The first kappa shape index (κ1) is 13.6. The fraction of sp³-hybridized carbons (Fsp3) is 0.909. The van der Waals surface area contributed by atoms with Crippen molar-refractivity contribution >= 4 is 17.7 Å². The summed E-state index contributed by atoms with van der Waals surface area (Å²) in [6, 6.07) is 0. The number of nitrogens with zero attached hydrogens (tertiary/aromatic N) is 2. The summed E-state index contributed by atoms with van der Waals surface area (Å²) in [7, 11) is 0. The van der Waals surface area contributed by atoms with E-state index in [4.69, 9.17) is 5.84 Å². The highest BCUT2D eigenvalue weighted by molar-refractivity contribution is 8.00. The minimum absolute atomic E-state index is 0.647. The first-order valence-corrected chi connectivity index (χ1v) is 7.03. The molecule has 0 aliphatic carbocycles. The van der Waals surface area contributed by atoms with Crippen molar-refractivity contribution in [1.29, 1.82) is 0 Å². The molecule has 94 valence electrons. The standard InChI is InChI=1S/C11H24N4S/c1-4-5-6-13-11(14-12)15-7-9(2)16-10(3)8-15/h9-10H,4-8,12H2,1-3H3,(H,13,14). The largest absolute Gasteiger partial charge is 0.340 e. The third-order valence-corrected chi connectivity index (χ3v) is 3.85. The maximum Gasteiger partial charge on any atom is 0.208 e. The SMILES string of the molecule is CCCCN=C(NN)N1CC(C)SC(C)C1. The van der Waals surface area contributed by atoms with Crippen molar-refractivity contribution in [3.05, 3.63) is 0 Å². The molecule has 0 bridgehead atoms. The molecule has 4 nitrogen and oxygen atoms in total. The lowest BCUT2D eigenvalue weighted by Gasteiger charge is -2.36. The van der Waals surface area contributed by atoms with Crippen LogP contribution in [0.2, 0.25) is 0 Å². The molecule has 2 unspecified atom stereocenters. The number of aliphatic imine (C=N–C) groups is 1. The van der Waals surface area contributed by atoms with Crippen molar-refractivity contribution in [3.63, 3.8) is 0 Å². The van der Waals surface area contributed by atoms with Crippen molar-refractivity contribution in [2.75, 3.05) is 19.6 Å². The molecule has 1 rings (SSSR count). The lowest BCUT2D eigenvalue weighted by Crippen LogP contribution is -2.51. The Morgan fingerprint density at radius 1 is 1.44 bits per heavy atom. The van der Waals surface area contributed by atoms with Crippen molar-refractivity contribution in [3.8, 4) is 0 Å². The Morgan fingerprint density at radius 2 is 2.06 bits per heavy atom. The molecule has 1 aliphatic heterocycles. The fourth-order valence-corrected chi connectivity index (χ4v) is 3.26. The molecule has 0 radical (unpaired) electrons. The van der Waals surface area contributed by atoms with Gasteiger partial charge in [0.15, 0.2) is 0 Å². The van der Waals surface area contributed by atoms with Gasteiger partial charge in [-0.1, -0.05) is 27.2 Å². The van der Waals surface area contributed by atoms with E-state index in [0.29, 0.717) is 10.5 Å². The van der Waals surface area contributed by atoms with Crippen molar-refractivity contribution < 1.29 is 0 Å². The van der Waals surface area contributed by atoms with Crippen molar-refractivity contribution in [1.82, 2.24) is 10.3 Å². The van der Waals surface area contributed by atoms with Crippen molar-refractivity contribution in [2.24, 2.45) is 10.8 Å². The molecular weight excluding hydrogens is 220 g/mol. The van der Waals surface area contributed by atoms with E-state index in [1.165, 1.54) is 6.42 Å². The second kappa shape index (κ2) is 7.01. The molecule has 0 aromatic heterocycles. The highest BCUT2D eigenvalue weighted by Gasteiger charge is 2.24. The third kappa shape index (κ3) is 4.22. The van der Waals surface area contributed by atoms with Crippen LogP contribution in [-0.2, 0) is 0 Å². The second-order valence-electron chi connectivity index (χ2n) is 4.37. The Balaban J connectivity index is 2.54. The Labute approximate surface area is 103 Å². The molecular formula is C11H24N4S. The summed E-state index contributed by atoms with van der Waals surface area (Å²) in [5.41, 5.74) is 2.74. The van der Waals surface area contributed by atoms with Crippen LogP contribution in [0.3, 0.4) is 0 Å². The van der Waals surface area contributed by atoms with Gasteiger partial charge < -0.3 is 4.90 Å². The first-order valence-electron chi connectivity index (χ1n) is 6.08. The van der Waals surface area contributed by atoms with Crippen LogP contribution in [0.1, 0.15) is 33.6 Å². The molecule has 1 heterocycles. The number of hydrazine groups is 1. The number of unbranched alkanes of at least 4 members (excludes halogenated alkanes) is 1. The average molecular weight is 244 g/mol. The minimum atomic E-state index is 0.647. The van der Waals surface area contributed by atoms with Gasteiger partial charge in [-0.2, -0.15) is 11.8 Å². The van der Waals surface area contributed by atoms with Gasteiger partial charge in [-0.15, -0.1) is 0 Å². The normalized spacial score (nSPS) is 27.0. The van der Waals surface area contributed by atoms with Crippen LogP contribution >= 0.6 is 11.8 Å². The molecule has 0 saturated carbocycles. The molecule has 1 fully saturated rings. The van der Waals surface area contributed by atoms with Crippen molar-refractivity contribution in [2.45, 2.75) is 44.1 Å². The van der Waals surface area contributed by atoms with E-state index in [-0.39, 0.29) is 0 Å². The van der Waals surface area contributed by atoms with Crippen LogP contribution in [-0.4, -0.2) is 41.0 Å². The summed E-state index contributed by atoms with van der Waals surface area (Å²) in [6.45, 7) is 9.62. The molecule has 0 aromatic rings. The van der Waals surface area contributed by atoms with Gasteiger partial charge in [0.2, 0.25) is 5.96 Å². The van der Waals surface area contributed by atoms with Crippen LogP contribution in [0, 0.1) is 0 Å². The zero-order valence-electron chi connectivity index (χ0n) is 10.6. The van der Waals surface area contributed by atoms with E-state index in [2.05, 4.69) is 36.1 Å². The lowest BCUT2D eigenvalue weighted by atomic mass is 10.3. The quantitative estimate of drug-likeness (QED) is 0.259. The second-order valence-corrected chi connectivity index (χ2v) is 6.25. The monoisotopic (exact) mass is 244 g/mol. The average Bonchev–Trinajstić information content (AvgIpc) is 2.23. The number of nitrogens with one attached hydrogen (secondary N) is 1. The lowest BCUT2D eigenvalue weighted by molar-refractivity contribution is 0.394. The van der Waals surface area contributed by atoms with Gasteiger partial charge in [-0.05, 0) is 6.42 Å². The molecule has 5 heteroatoms. The Kier molecular flexibility index (Phi) is 5.98. The van der Waals surface area contributed by atoms with Gasteiger partial charge >= 0.3 is 0 Å². The number of thioether (sulfide) groups is 1. The smallest absolute Gasteiger partial charge is 0.208 e. The highest BCUT2D eigenvalue weighted by Crippen LogP contribution is 2.24.